The monoisotopic (exact) mass is 616 g/mol. The van der Waals surface area contributed by atoms with Crippen molar-refractivity contribution in [2.45, 2.75) is 51.9 Å². The van der Waals surface area contributed by atoms with Crippen LogP contribution in [0.3, 0.4) is 0 Å². The van der Waals surface area contributed by atoms with Crippen molar-refractivity contribution in [1.82, 2.24) is 20.0 Å². The first-order valence-electron chi connectivity index (χ1n) is 14.4. The number of fused-ring (bicyclic) bond motifs is 2. The van der Waals surface area contributed by atoms with Crippen LogP contribution in [0.25, 0.3) is 22.2 Å². The predicted molar refractivity (Wildman–Crippen MR) is 165 cm³/mol. The molecule has 232 valence electrons. The number of alkyl halides is 3. The molecule has 0 bridgehead atoms. The van der Waals surface area contributed by atoms with Gasteiger partial charge in [-0.2, -0.15) is 10.2 Å². The molecule has 0 spiro atoms. The summed E-state index contributed by atoms with van der Waals surface area (Å²) in [5.74, 6) is -0.485. The summed E-state index contributed by atoms with van der Waals surface area (Å²) in [6.07, 6.45) is -4.34. The molecule has 0 radical (unpaired) electrons. The molecule has 0 atom stereocenters. The van der Waals surface area contributed by atoms with E-state index in [1.54, 1.807) is 15.6 Å². The Bertz CT molecular complexity index is 1970. The number of rotatable bonds is 6. The number of carbonyl (C=O) groups is 1. The summed E-state index contributed by atoms with van der Waals surface area (Å²) >= 11 is 0. The molecule has 1 aliphatic rings. The van der Waals surface area contributed by atoms with Crippen LogP contribution in [0.1, 0.15) is 43.0 Å². The van der Waals surface area contributed by atoms with E-state index in [0.29, 0.717) is 52.9 Å². The van der Waals surface area contributed by atoms with E-state index in [0.717, 1.165) is 11.1 Å². The molecule has 9 nitrogen and oxygen atoms in total. The third-order valence-electron chi connectivity index (χ3n) is 7.89. The molecule has 12 heteroatoms. The van der Waals surface area contributed by atoms with Crippen LogP contribution in [0.15, 0.2) is 71.5 Å². The molecule has 3 heterocycles. The molecule has 0 aliphatic carbocycles. The highest BCUT2D eigenvalue weighted by Crippen LogP contribution is 2.36. The molecule has 0 saturated heterocycles. The van der Waals surface area contributed by atoms with Crippen molar-refractivity contribution in [2.75, 3.05) is 17.2 Å². The minimum atomic E-state index is -4.82. The van der Waals surface area contributed by atoms with Crippen LogP contribution in [-0.2, 0) is 29.6 Å². The van der Waals surface area contributed by atoms with E-state index in [1.165, 1.54) is 23.8 Å². The summed E-state index contributed by atoms with van der Waals surface area (Å²) in [7, 11) is 0. The Morgan fingerprint density at radius 2 is 1.78 bits per heavy atom. The largest absolute Gasteiger partial charge is 0.573 e. The summed E-state index contributed by atoms with van der Waals surface area (Å²) in [6.45, 7) is 7.19. The van der Waals surface area contributed by atoms with Crippen molar-refractivity contribution in [3.8, 4) is 17.0 Å². The molecule has 5 aromatic rings. The van der Waals surface area contributed by atoms with E-state index in [9.17, 15) is 22.8 Å². The molecular weight excluding hydrogens is 585 g/mol. The molecule has 0 fully saturated rings. The number of nitrogen functional groups attached to an aromatic ring is 1. The van der Waals surface area contributed by atoms with Crippen LogP contribution in [0, 0.1) is 0 Å². The average Bonchev–Trinajstić information content (AvgIpc) is 3.56. The number of anilines is 2. The number of nitrogens with zero attached hydrogens (tertiary/aromatic N) is 4. The number of carbonyl (C=O) groups excluding carboxylic acids is 1. The molecule has 3 aromatic carbocycles. The second-order valence-electron chi connectivity index (χ2n) is 12.1. The molecule has 1 amide bonds. The van der Waals surface area contributed by atoms with Crippen molar-refractivity contribution in [3.63, 3.8) is 0 Å². The van der Waals surface area contributed by atoms with Crippen LogP contribution in [0.5, 0.6) is 5.75 Å². The molecule has 0 unspecified atom stereocenters. The van der Waals surface area contributed by atoms with E-state index in [-0.39, 0.29) is 29.3 Å². The first kappa shape index (κ1) is 29.9. The maximum absolute atomic E-state index is 13.2. The maximum atomic E-state index is 13.2. The Labute approximate surface area is 256 Å². The summed E-state index contributed by atoms with van der Waals surface area (Å²) in [4.78, 5) is 27.8. The third-order valence-corrected chi connectivity index (χ3v) is 7.89. The van der Waals surface area contributed by atoms with Crippen molar-refractivity contribution in [1.29, 1.82) is 0 Å². The normalized spacial score (nSPS) is 13.3. The second-order valence-corrected chi connectivity index (χ2v) is 12.1. The molecule has 1 aliphatic heterocycles. The number of benzene rings is 3. The highest BCUT2D eigenvalue weighted by atomic mass is 19.4. The van der Waals surface area contributed by atoms with E-state index < -0.39 is 11.9 Å². The van der Waals surface area contributed by atoms with Gasteiger partial charge < -0.3 is 15.4 Å². The van der Waals surface area contributed by atoms with Gasteiger partial charge in [-0.15, -0.1) is 13.2 Å². The van der Waals surface area contributed by atoms with Gasteiger partial charge in [0.1, 0.15) is 17.0 Å². The van der Waals surface area contributed by atoms with Crippen LogP contribution in [-0.4, -0.2) is 38.8 Å². The molecule has 45 heavy (non-hydrogen) atoms. The van der Waals surface area contributed by atoms with Crippen LogP contribution in [0.2, 0.25) is 0 Å². The first-order chi connectivity index (χ1) is 21.3. The minimum Gasteiger partial charge on any atom is -0.406 e. The molecule has 0 saturated carbocycles. The van der Waals surface area contributed by atoms with Crippen LogP contribution in [0.4, 0.5) is 24.7 Å². The summed E-state index contributed by atoms with van der Waals surface area (Å²) < 4.78 is 43.6. The fraction of sp³-hybridized carbons (Fsp3) is 0.273. The zero-order chi connectivity index (χ0) is 32.1. The zero-order valence-electron chi connectivity index (χ0n) is 24.9. The third kappa shape index (κ3) is 6.13. The van der Waals surface area contributed by atoms with E-state index in [1.807, 2.05) is 30.3 Å². The highest BCUT2D eigenvalue weighted by Gasteiger charge is 2.31. The van der Waals surface area contributed by atoms with Gasteiger partial charge in [-0.25, -0.2) is 5.10 Å². The fourth-order valence-corrected chi connectivity index (χ4v) is 5.69. The number of halogens is 3. The number of nitrogens with two attached hydrogens (primary N) is 1. The number of aromatic nitrogens is 4. The SMILES string of the molecule is CC(C)(C)c1ccc(Cn2nc(-c3ccc4c(c3)CCN4C(=O)Cc3cccc(OC(F)(F)F)c3)c3c(N)n[nH]c(=O)c32)cc1. The van der Waals surface area contributed by atoms with Gasteiger partial charge in [0.25, 0.3) is 5.56 Å². The second kappa shape index (κ2) is 11.1. The number of hydrogen-bond acceptors (Lipinski definition) is 6. The Morgan fingerprint density at radius 1 is 1.02 bits per heavy atom. The van der Waals surface area contributed by atoms with Crippen molar-refractivity contribution < 1.29 is 22.7 Å². The van der Waals surface area contributed by atoms with E-state index >= 15 is 0 Å². The summed E-state index contributed by atoms with van der Waals surface area (Å²) in [5, 5.41) is 11.7. The Kier molecular flexibility index (Phi) is 7.38. The first-order valence-corrected chi connectivity index (χ1v) is 14.4. The Hall–Kier alpha value is -5.13. The molecule has 2 aromatic heterocycles. The van der Waals surface area contributed by atoms with Gasteiger partial charge in [0.2, 0.25) is 5.91 Å². The number of hydrogen-bond donors (Lipinski definition) is 2. The van der Waals surface area contributed by atoms with Gasteiger partial charge >= 0.3 is 6.36 Å². The predicted octanol–water partition coefficient (Wildman–Crippen LogP) is 5.75. The number of H-pyrrole nitrogens is 1. The smallest absolute Gasteiger partial charge is 0.406 e. The topological polar surface area (TPSA) is 119 Å². The lowest BCUT2D eigenvalue weighted by Crippen LogP contribution is -2.30. The van der Waals surface area contributed by atoms with Gasteiger partial charge in [-0.3, -0.25) is 14.3 Å². The Morgan fingerprint density at radius 3 is 2.49 bits per heavy atom. The van der Waals surface area contributed by atoms with Crippen molar-refractivity contribution >= 4 is 28.3 Å². The number of aromatic amines is 1. The standard InChI is InChI=1S/C33H31F3N6O3/c1-32(2,3)23-10-7-19(8-11-23)18-42-29-27(30(37)38-39-31(29)44)28(40-42)22-9-12-25-21(17-22)13-14-41(25)26(43)16-20-5-4-6-24(15-20)45-33(34,35)36/h4-12,15,17H,13-14,16,18H2,1-3H3,(H2,37,38)(H,39,44). The summed E-state index contributed by atoms with van der Waals surface area (Å²) in [5.41, 5.74) is 11.6. The van der Waals surface area contributed by atoms with Gasteiger partial charge in [0.15, 0.2) is 5.82 Å². The van der Waals surface area contributed by atoms with E-state index in [4.69, 9.17) is 10.8 Å². The number of nitrogens with one attached hydrogen (secondary N) is 1. The quantitative estimate of drug-likeness (QED) is 0.251. The molecular formula is C33H31F3N6O3. The molecule has 6 rings (SSSR count). The van der Waals surface area contributed by atoms with Crippen LogP contribution < -0.4 is 20.9 Å². The average molecular weight is 617 g/mol. The molecule has 3 N–H and O–H groups in total. The van der Waals surface area contributed by atoms with Crippen molar-refractivity contribution in [2.24, 2.45) is 0 Å². The summed E-state index contributed by atoms with van der Waals surface area (Å²) in [6, 6.07) is 19.1. The lowest BCUT2D eigenvalue weighted by Gasteiger charge is -2.19. The van der Waals surface area contributed by atoms with Crippen LogP contribution >= 0.6 is 0 Å². The Balaban J connectivity index is 1.29. The number of amides is 1. The maximum Gasteiger partial charge on any atom is 0.573 e. The zero-order valence-corrected chi connectivity index (χ0v) is 24.9. The minimum absolute atomic E-state index is 0.00571. The van der Waals surface area contributed by atoms with Gasteiger partial charge in [-0.05, 0) is 58.4 Å². The van der Waals surface area contributed by atoms with Gasteiger partial charge in [0, 0.05) is 17.8 Å². The highest BCUT2D eigenvalue weighted by molar-refractivity contribution is 6.01. The lowest BCUT2D eigenvalue weighted by atomic mass is 9.87. The van der Waals surface area contributed by atoms with Gasteiger partial charge in [0.05, 0.1) is 18.4 Å². The van der Waals surface area contributed by atoms with E-state index in [2.05, 4.69) is 47.8 Å². The fourth-order valence-electron chi connectivity index (χ4n) is 5.69. The number of ether oxygens (including phenoxy) is 1. The lowest BCUT2D eigenvalue weighted by molar-refractivity contribution is -0.274. The van der Waals surface area contributed by atoms with Crippen molar-refractivity contribution in [3.05, 3.63) is 99.3 Å². The van der Waals surface area contributed by atoms with Gasteiger partial charge in [-0.1, -0.05) is 63.2 Å².